The van der Waals surface area contributed by atoms with Gasteiger partial charge in [-0.25, -0.2) is 0 Å². The van der Waals surface area contributed by atoms with Gasteiger partial charge in [0.1, 0.15) is 6.10 Å². The van der Waals surface area contributed by atoms with Crippen LogP contribution in [0.4, 0.5) is 0 Å². The Morgan fingerprint density at radius 2 is 1.39 bits per heavy atom. The molecule has 0 aromatic rings. The number of hydrogen-bond acceptors (Lipinski definition) is 4. The third kappa shape index (κ3) is 12.3. The SMILES string of the molecule is CCCCOCC(COCCCN)OCCCC. The van der Waals surface area contributed by atoms with Gasteiger partial charge in [-0.2, -0.15) is 0 Å². The van der Waals surface area contributed by atoms with Crippen molar-refractivity contribution in [2.24, 2.45) is 5.73 Å². The van der Waals surface area contributed by atoms with Crippen molar-refractivity contribution in [3.8, 4) is 0 Å². The van der Waals surface area contributed by atoms with E-state index in [2.05, 4.69) is 13.8 Å². The quantitative estimate of drug-likeness (QED) is 0.488. The van der Waals surface area contributed by atoms with Gasteiger partial charge in [0.2, 0.25) is 0 Å². The van der Waals surface area contributed by atoms with Crippen molar-refractivity contribution >= 4 is 0 Å². The highest BCUT2D eigenvalue weighted by Gasteiger charge is 2.09. The van der Waals surface area contributed by atoms with Crippen molar-refractivity contribution in [1.82, 2.24) is 0 Å². The number of rotatable bonds is 14. The van der Waals surface area contributed by atoms with Gasteiger partial charge in [-0.3, -0.25) is 0 Å². The minimum atomic E-state index is 0.0613. The Balaban J connectivity index is 3.62. The molecule has 4 nitrogen and oxygen atoms in total. The lowest BCUT2D eigenvalue weighted by Crippen LogP contribution is -2.27. The second-order valence-corrected chi connectivity index (χ2v) is 4.49. The third-order valence-electron chi connectivity index (χ3n) is 2.59. The molecule has 4 heteroatoms. The molecule has 0 bridgehead atoms. The van der Waals surface area contributed by atoms with Gasteiger partial charge in [-0.1, -0.05) is 26.7 Å². The molecular formula is C14H31NO3. The molecule has 110 valence electrons. The van der Waals surface area contributed by atoms with E-state index in [0.29, 0.717) is 26.4 Å². The van der Waals surface area contributed by atoms with Crippen LogP contribution in [0, 0.1) is 0 Å². The Bertz CT molecular complexity index is 144. The van der Waals surface area contributed by atoms with Gasteiger partial charge in [0.25, 0.3) is 0 Å². The van der Waals surface area contributed by atoms with E-state index < -0.39 is 0 Å². The van der Waals surface area contributed by atoms with Crippen LogP contribution in [0.5, 0.6) is 0 Å². The first-order valence-electron chi connectivity index (χ1n) is 7.32. The second kappa shape index (κ2) is 14.9. The summed E-state index contributed by atoms with van der Waals surface area (Å²) < 4.78 is 16.9. The molecule has 0 fully saturated rings. The van der Waals surface area contributed by atoms with Gasteiger partial charge in [-0.15, -0.1) is 0 Å². The van der Waals surface area contributed by atoms with Gasteiger partial charge in [0.05, 0.1) is 13.2 Å². The normalized spacial score (nSPS) is 12.8. The van der Waals surface area contributed by atoms with E-state index in [1.54, 1.807) is 0 Å². The van der Waals surface area contributed by atoms with Crippen LogP contribution in [0.1, 0.15) is 46.0 Å². The van der Waals surface area contributed by atoms with Crippen LogP contribution in [0.3, 0.4) is 0 Å². The summed E-state index contributed by atoms with van der Waals surface area (Å²) >= 11 is 0. The lowest BCUT2D eigenvalue weighted by Gasteiger charge is -2.18. The summed E-state index contributed by atoms with van der Waals surface area (Å²) in [6.45, 7) is 8.55. The Labute approximate surface area is 112 Å². The zero-order valence-electron chi connectivity index (χ0n) is 12.2. The molecule has 0 amide bonds. The summed E-state index contributed by atoms with van der Waals surface area (Å²) in [6, 6.07) is 0. The minimum absolute atomic E-state index is 0.0613. The maximum atomic E-state index is 5.76. The molecular weight excluding hydrogens is 230 g/mol. The summed E-state index contributed by atoms with van der Waals surface area (Å²) in [5.74, 6) is 0. The molecule has 18 heavy (non-hydrogen) atoms. The smallest absolute Gasteiger partial charge is 0.104 e. The predicted octanol–water partition coefficient (Wildman–Crippen LogP) is 2.35. The average Bonchev–Trinajstić information content (AvgIpc) is 2.39. The minimum Gasteiger partial charge on any atom is -0.379 e. The molecule has 1 unspecified atom stereocenters. The third-order valence-corrected chi connectivity index (χ3v) is 2.59. The van der Waals surface area contributed by atoms with E-state index in [1.807, 2.05) is 0 Å². The highest BCUT2D eigenvalue weighted by molar-refractivity contribution is 4.56. The summed E-state index contributed by atoms with van der Waals surface area (Å²) in [6.07, 6.45) is 5.47. The predicted molar refractivity (Wildman–Crippen MR) is 74.9 cm³/mol. The van der Waals surface area contributed by atoms with Crippen LogP contribution >= 0.6 is 0 Å². The fourth-order valence-corrected chi connectivity index (χ4v) is 1.40. The van der Waals surface area contributed by atoms with E-state index in [4.69, 9.17) is 19.9 Å². The van der Waals surface area contributed by atoms with E-state index >= 15 is 0 Å². The first-order valence-corrected chi connectivity index (χ1v) is 7.32. The van der Waals surface area contributed by atoms with Crippen molar-refractivity contribution < 1.29 is 14.2 Å². The molecule has 0 aliphatic heterocycles. The summed E-state index contributed by atoms with van der Waals surface area (Å²) in [5.41, 5.74) is 5.42. The van der Waals surface area contributed by atoms with Crippen LogP contribution in [-0.4, -0.2) is 45.7 Å². The zero-order valence-corrected chi connectivity index (χ0v) is 12.2. The lowest BCUT2D eigenvalue weighted by atomic mass is 10.3. The molecule has 0 spiro atoms. The Morgan fingerprint density at radius 3 is 1.94 bits per heavy atom. The van der Waals surface area contributed by atoms with Crippen LogP contribution in [0.15, 0.2) is 0 Å². The van der Waals surface area contributed by atoms with Crippen LogP contribution in [-0.2, 0) is 14.2 Å². The molecule has 0 saturated carbocycles. The van der Waals surface area contributed by atoms with Crippen molar-refractivity contribution in [3.05, 3.63) is 0 Å². The summed E-state index contributed by atoms with van der Waals surface area (Å²) in [7, 11) is 0. The average molecular weight is 261 g/mol. The maximum Gasteiger partial charge on any atom is 0.104 e. The van der Waals surface area contributed by atoms with Gasteiger partial charge >= 0.3 is 0 Å². The Hall–Kier alpha value is -0.160. The summed E-state index contributed by atoms with van der Waals surface area (Å²) in [5, 5.41) is 0. The standard InChI is InChI=1S/C14H31NO3/c1-3-5-9-16-12-14(18-11-6-4-2)13-17-10-7-8-15/h14H,3-13,15H2,1-2H3. The van der Waals surface area contributed by atoms with Crippen LogP contribution < -0.4 is 5.73 Å². The van der Waals surface area contributed by atoms with Crippen LogP contribution in [0.2, 0.25) is 0 Å². The van der Waals surface area contributed by atoms with Gasteiger partial charge in [-0.05, 0) is 25.8 Å². The molecule has 2 N–H and O–H groups in total. The fraction of sp³-hybridized carbons (Fsp3) is 1.00. The van der Waals surface area contributed by atoms with Gasteiger partial charge in [0.15, 0.2) is 0 Å². The number of ether oxygens (including phenoxy) is 3. The highest BCUT2D eigenvalue weighted by Crippen LogP contribution is 2.00. The van der Waals surface area contributed by atoms with E-state index in [0.717, 1.165) is 45.3 Å². The van der Waals surface area contributed by atoms with Gasteiger partial charge < -0.3 is 19.9 Å². The maximum absolute atomic E-state index is 5.76. The van der Waals surface area contributed by atoms with Crippen LogP contribution in [0.25, 0.3) is 0 Å². The highest BCUT2D eigenvalue weighted by atomic mass is 16.6. The zero-order chi connectivity index (χ0) is 13.5. The molecule has 1 atom stereocenters. The molecule has 0 saturated heterocycles. The molecule has 0 aliphatic carbocycles. The molecule has 0 radical (unpaired) electrons. The first kappa shape index (κ1) is 17.8. The largest absolute Gasteiger partial charge is 0.379 e. The van der Waals surface area contributed by atoms with Crippen molar-refractivity contribution in [2.45, 2.75) is 52.1 Å². The number of unbranched alkanes of at least 4 members (excludes halogenated alkanes) is 2. The van der Waals surface area contributed by atoms with Crippen molar-refractivity contribution in [1.29, 1.82) is 0 Å². The molecule has 0 heterocycles. The second-order valence-electron chi connectivity index (χ2n) is 4.49. The molecule has 0 aromatic heterocycles. The monoisotopic (exact) mass is 261 g/mol. The van der Waals surface area contributed by atoms with Crippen molar-refractivity contribution in [2.75, 3.05) is 39.6 Å². The Morgan fingerprint density at radius 1 is 0.833 bits per heavy atom. The fourth-order valence-electron chi connectivity index (χ4n) is 1.40. The molecule has 0 aromatic carbocycles. The van der Waals surface area contributed by atoms with E-state index in [9.17, 15) is 0 Å². The van der Waals surface area contributed by atoms with Crippen molar-refractivity contribution in [3.63, 3.8) is 0 Å². The van der Waals surface area contributed by atoms with E-state index in [-0.39, 0.29) is 6.10 Å². The number of hydrogen-bond donors (Lipinski definition) is 1. The molecule has 0 aliphatic rings. The number of nitrogens with two attached hydrogens (primary N) is 1. The van der Waals surface area contributed by atoms with Gasteiger partial charge in [0, 0.05) is 19.8 Å². The Kier molecular flexibility index (Phi) is 14.8. The van der Waals surface area contributed by atoms with E-state index in [1.165, 1.54) is 0 Å². The topological polar surface area (TPSA) is 53.7 Å². The first-order chi connectivity index (χ1) is 8.85. The molecule has 0 rings (SSSR count). The summed E-state index contributed by atoms with van der Waals surface area (Å²) in [4.78, 5) is 0. The lowest BCUT2D eigenvalue weighted by molar-refractivity contribution is -0.0609.